The summed E-state index contributed by atoms with van der Waals surface area (Å²) in [6.07, 6.45) is 1.08. The van der Waals surface area contributed by atoms with Gasteiger partial charge in [0.15, 0.2) is 0 Å². The zero-order chi connectivity index (χ0) is 21.8. The normalized spacial score (nSPS) is 19.7. The fourth-order valence-corrected chi connectivity index (χ4v) is 4.08. The molecular formula is C24H27N3O4. The summed E-state index contributed by atoms with van der Waals surface area (Å²) in [6, 6.07) is 15.8. The molecule has 0 N–H and O–H groups in total. The van der Waals surface area contributed by atoms with E-state index in [4.69, 9.17) is 4.74 Å². The van der Waals surface area contributed by atoms with E-state index in [2.05, 4.69) is 0 Å². The van der Waals surface area contributed by atoms with Crippen LogP contribution < -0.4 is 9.64 Å². The third-order valence-corrected chi connectivity index (χ3v) is 5.75. The van der Waals surface area contributed by atoms with Crippen LogP contribution in [0.25, 0.3) is 0 Å². The number of imide groups is 1. The van der Waals surface area contributed by atoms with Crippen LogP contribution in [0, 0.1) is 0 Å². The molecule has 7 heteroatoms. The van der Waals surface area contributed by atoms with E-state index in [1.807, 2.05) is 42.2 Å². The third kappa shape index (κ3) is 4.46. The van der Waals surface area contributed by atoms with E-state index in [1.54, 1.807) is 29.2 Å². The summed E-state index contributed by atoms with van der Waals surface area (Å²) < 4.78 is 5.58. The van der Waals surface area contributed by atoms with Crippen molar-refractivity contribution in [1.82, 2.24) is 9.80 Å². The molecule has 1 unspecified atom stereocenters. The molecule has 4 rings (SSSR count). The lowest BCUT2D eigenvalue weighted by Crippen LogP contribution is -2.53. The van der Waals surface area contributed by atoms with E-state index in [0.29, 0.717) is 44.0 Å². The average Bonchev–Trinajstić information content (AvgIpc) is 3.12. The number of nitrogens with zero attached hydrogens (tertiary/aromatic N) is 3. The lowest BCUT2D eigenvalue weighted by molar-refractivity contribution is -0.123. The standard InChI is InChI=1S/C24H27N3O4/c1-2-16-31-20-10-8-19(9-11-20)27-22(28)17-21(24(27)30)25-12-14-26(15-13-25)23(29)18-6-4-3-5-7-18/h3-11,21H,2,12-17H2,1H3. The lowest BCUT2D eigenvalue weighted by Gasteiger charge is -2.37. The molecule has 2 fully saturated rings. The topological polar surface area (TPSA) is 70.2 Å². The molecule has 7 nitrogen and oxygen atoms in total. The average molecular weight is 421 g/mol. The number of carbonyl (C=O) groups is 3. The molecule has 0 aromatic heterocycles. The van der Waals surface area contributed by atoms with Crippen LogP contribution in [0.2, 0.25) is 0 Å². The molecule has 162 valence electrons. The van der Waals surface area contributed by atoms with Crippen LogP contribution in [-0.2, 0) is 9.59 Å². The maximum absolute atomic E-state index is 13.1. The monoisotopic (exact) mass is 421 g/mol. The van der Waals surface area contributed by atoms with Crippen molar-refractivity contribution < 1.29 is 19.1 Å². The molecule has 2 heterocycles. The Kier molecular flexibility index (Phi) is 6.32. The summed E-state index contributed by atoms with van der Waals surface area (Å²) in [5.41, 5.74) is 1.24. The Labute approximate surface area is 182 Å². The van der Waals surface area contributed by atoms with E-state index < -0.39 is 6.04 Å². The van der Waals surface area contributed by atoms with Gasteiger partial charge in [-0.15, -0.1) is 0 Å². The molecular weight excluding hydrogens is 394 g/mol. The number of benzene rings is 2. The van der Waals surface area contributed by atoms with Crippen molar-refractivity contribution >= 4 is 23.4 Å². The van der Waals surface area contributed by atoms with Crippen molar-refractivity contribution in [3.63, 3.8) is 0 Å². The van der Waals surface area contributed by atoms with E-state index in [0.717, 1.165) is 12.2 Å². The third-order valence-electron chi connectivity index (χ3n) is 5.75. The second kappa shape index (κ2) is 9.31. The second-order valence-corrected chi connectivity index (χ2v) is 7.82. The van der Waals surface area contributed by atoms with Gasteiger partial charge in [-0.2, -0.15) is 0 Å². The number of carbonyl (C=O) groups excluding carboxylic acids is 3. The molecule has 2 aliphatic heterocycles. The quantitative estimate of drug-likeness (QED) is 0.671. The van der Waals surface area contributed by atoms with Gasteiger partial charge < -0.3 is 9.64 Å². The zero-order valence-electron chi connectivity index (χ0n) is 17.7. The molecule has 0 radical (unpaired) electrons. The number of hydrogen-bond acceptors (Lipinski definition) is 5. The molecule has 1 atom stereocenters. The lowest BCUT2D eigenvalue weighted by atomic mass is 10.1. The fraction of sp³-hybridized carbons (Fsp3) is 0.375. The van der Waals surface area contributed by atoms with Gasteiger partial charge in [-0.25, -0.2) is 4.90 Å². The van der Waals surface area contributed by atoms with E-state index in [-0.39, 0.29) is 24.1 Å². The first-order chi connectivity index (χ1) is 15.1. The van der Waals surface area contributed by atoms with Crippen molar-refractivity contribution in [3.8, 4) is 5.75 Å². The van der Waals surface area contributed by atoms with Gasteiger partial charge in [0.05, 0.1) is 24.8 Å². The molecule has 0 saturated carbocycles. The number of piperazine rings is 1. The number of amides is 3. The smallest absolute Gasteiger partial charge is 0.253 e. The van der Waals surface area contributed by atoms with Gasteiger partial charge in [-0.05, 0) is 42.8 Å². The molecule has 0 bridgehead atoms. The first kappa shape index (κ1) is 21.1. The van der Waals surface area contributed by atoms with Crippen molar-refractivity contribution in [1.29, 1.82) is 0 Å². The molecule has 2 aliphatic rings. The summed E-state index contributed by atoms with van der Waals surface area (Å²) in [5, 5.41) is 0. The van der Waals surface area contributed by atoms with Crippen molar-refractivity contribution in [3.05, 3.63) is 60.2 Å². The van der Waals surface area contributed by atoms with E-state index >= 15 is 0 Å². The minimum absolute atomic E-state index is 0.00100. The van der Waals surface area contributed by atoms with Crippen LogP contribution in [0.15, 0.2) is 54.6 Å². The molecule has 0 spiro atoms. The molecule has 3 amide bonds. The number of rotatable bonds is 6. The molecule has 31 heavy (non-hydrogen) atoms. The zero-order valence-corrected chi connectivity index (χ0v) is 17.7. The Morgan fingerprint density at radius 2 is 1.65 bits per heavy atom. The van der Waals surface area contributed by atoms with Crippen molar-refractivity contribution in [2.75, 3.05) is 37.7 Å². The highest BCUT2D eigenvalue weighted by Gasteiger charge is 2.43. The molecule has 0 aliphatic carbocycles. The predicted octanol–water partition coefficient (Wildman–Crippen LogP) is 2.57. The van der Waals surface area contributed by atoms with Crippen LogP contribution in [0.3, 0.4) is 0 Å². The van der Waals surface area contributed by atoms with Gasteiger partial charge in [-0.1, -0.05) is 25.1 Å². The summed E-state index contributed by atoms with van der Waals surface area (Å²) in [4.78, 5) is 43.4. The van der Waals surface area contributed by atoms with Crippen LogP contribution >= 0.6 is 0 Å². The van der Waals surface area contributed by atoms with Crippen molar-refractivity contribution in [2.45, 2.75) is 25.8 Å². The molecule has 2 aromatic rings. The molecule has 2 aromatic carbocycles. The van der Waals surface area contributed by atoms with E-state index in [9.17, 15) is 14.4 Å². The van der Waals surface area contributed by atoms with Gasteiger partial charge in [0.25, 0.3) is 11.8 Å². The number of ether oxygens (including phenoxy) is 1. The van der Waals surface area contributed by atoms with Gasteiger partial charge >= 0.3 is 0 Å². The van der Waals surface area contributed by atoms with Gasteiger partial charge in [0, 0.05) is 31.7 Å². The minimum atomic E-state index is -0.475. The largest absolute Gasteiger partial charge is 0.494 e. The number of anilines is 1. The maximum Gasteiger partial charge on any atom is 0.253 e. The fourth-order valence-electron chi connectivity index (χ4n) is 4.08. The van der Waals surface area contributed by atoms with E-state index in [1.165, 1.54) is 4.90 Å². The molecule has 2 saturated heterocycles. The van der Waals surface area contributed by atoms with Crippen LogP contribution in [0.1, 0.15) is 30.1 Å². The second-order valence-electron chi connectivity index (χ2n) is 7.82. The Morgan fingerprint density at radius 1 is 0.968 bits per heavy atom. The van der Waals surface area contributed by atoms with Gasteiger partial charge in [-0.3, -0.25) is 19.3 Å². The first-order valence-corrected chi connectivity index (χ1v) is 10.8. The first-order valence-electron chi connectivity index (χ1n) is 10.8. The SMILES string of the molecule is CCCOc1ccc(N2C(=O)CC(N3CCN(C(=O)c4ccccc4)CC3)C2=O)cc1. The highest BCUT2D eigenvalue weighted by Crippen LogP contribution is 2.28. The van der Waals surface area contributed by atoms with Gasteiger partial charge in [0.1, 0.15) is 5.75 Å². The van der Waals surface area contributed by atoms with Gasteiger partial charge in [0.2, 0.25) is 5.91 Å². The van der Waals surface area contributed by atoms with Crippen LogP contribution in [0.5, 0.6) is 5.75 Å². The summed E-state index contributed by atoms with van der Waals surface area (Å²) in [7, 11) is 0. The summed E-state index contributed by atoms with van der Waals surface area (Å²) >= 11 is 0. The summed E-state index contributed by atoms with van der Waals surface area (Å²) in [5.74, 6) is 0.330. The van der Waals surface area contributed by atoms with Crippen LogP contribution in [-0.4, -0.2) is 66.3 Å². The van der Waals surface area contributed by atoms with Crippen molar-refractivity contribution in [2.24, 2.45) is 0 Å². The minimum Gasteiger partial charge on any atom is -0.494 e. The predicted molar refractivity (Wildman–Crippen MR) is 117 cm³/mol. The highest BCUT2D eigenvalue weighted by atomic mass is 16.5. The Hall–Kier alpha value is -3.19. The Morgan fingerprint density at radius 3 is 2.29 bits per heavy atom. The van der Waals surface area contributed by atoms with Crippen LogP contribution in [0.4, 0.5) is 5.69 Å². The number of hydrogen-bond donors (Lipinski definition) is 0. The maximum atomic E-state index is 13.1. The Balaban J connectivity index is 1.37. The highest BCUT2D eigenvalue weighted by molar-refractivity contribution is 6.22. The Bertz CT molecular complexity index is 937. The summed E-state index contributed by atoms with van der Waals surface area (Å²) in [6.45, 7) is 4.87.